The van der Waals surface area contributed by atoms with Crippen LogP contribution in [0.2, 0.25) is 0 Å². The second-order valence-electron chi connectivity index (χ2n) is 7.67. The van der Waals surface area contributed by atoms with Crippen LogP contribution in [-0.4, -0.2) is 34.8 Å². The summed E-state index contributed by atoms with van der Waals surface area (Å²) >= 11 is 1.54. The minimum Gasteiger partial charge on any atom is -0.342 e. The van der Waals surface area contributed by atoms with E-state index in [0.717, 1.165) is 21.3 Å². The molecule has 1 unspecified atom stereocenters. The minimum absolute atomic E-state index is 0.0217. The van der Waals surface area contributed by atoms with Crippen molar-refractivity contribution in [3.8, 4) is 0 Å². The standard InChI is InChI=1S/C23H25N3O2S/c1-4-25-14-18(12-20(25)27)22(28)26(13-17-8-6-5-7-9-17)23-24-21-16(3)10-15(2)11-19(21)29-23/h5-11,18H,4,12-14H2,1-3H3. The molecule has 0 bridgehead atoms. The molecule has 5 nitrogen and oxygen atoms in total. The maximum Gasteiger partial charge on any atom is 0.234 e. The van der Waals surface area contributed by atoms with E-state index in [4.69, 9.17) is 4.98 Å². The van der Waals surface area contributed by atoms with Crippen LogP contribution in [0.1, 0.15) is 30.0 Å². The third-order valence-corrected chi connectivity index (χ3v) is 6.47. The molecule has 1 aliphatic heterocycles. The Labute approximate surface area is 175 Å². The molecule has 2 amide bonds. The van der Waals surface area contributed by atoms with E-state index in [2.05, 4.69) is 26.0 Å². The number of rotatable bonds is 5. The van der Waals surface area contributed by atoms with Gasteiger partial charge in [0.05, 0.1) is 22.7 Å². The van der Waals surface area contributed by atoms with Gasteiger partial charge in [0.25, 0.3) is 0 Å². The lowest BCUT2D eigenvalue weighted by molar-refractivity contribution is -0.128. The summed E-state index contributed by atoms with van der Waals surface area (Å²) < 4.78 is 1.08. The average Bonchev–Trinajstić information content (AvgIpc) is 3.29. The van der Waals surface area contributed by atoms with Gasteiger partial charge in [0.2, 0.25) is 11.8 Å². The smallest absolute Gasteiger partial charge is 0.234 e. The average molecular weight is 408 g/mol. The van der Waals surface area contributed by atoms with Crippen molar-refractivity contribution in [2.75, 3.05) is 18.0 Å². The van der Waals surface area contributed by atoms with Crippen LogP contribution in [-0.2, 0) is 16.1 Å². The summed E-state index contributed by atoms with van der Waals surface area (Å²) in [7, 11) is 0. The molecule has 2 aromatic carbocycles. The fourth-order valence-corrected chi connectivity index (χ4v) is 5.09. The number of fused-ring (bicyclic) bond motifs is 1. The largest absolute Gasteiger partial charge is 0.342 e. The van der Waals surface area contributed by atoms with E-state index in [0.29, 0.717) is 24.8 Å². The summed E-state index contributed by atoms with van der Waals surface area (Å²) in [5.74, 6) is -0.283. The molecular formula is C23H25N3O2S. The fraction of sp³-hybridized carbons (Fsp3) is 0.348. The van der Waals surface area contributed by atoms with Gasteiger partial charge in [0.15, 0.2) is 5.13 Å². The zero-order chi connectivity index (χ0) is 20.5. The number of anilines is 1. The maximum absolute atomic E-state index is 13.5. The molecule has 4 rings (SSSR count). The summed E-state index contributed by atoms with van der Waals surface area (Å²) in [5, 5.41) is 0.699. The lowest BCUT2D eigenvalue weighted by Crippen LogP contribution is -2.37. The van der Waals surface area contributed by atoms with Gasteiger partial charge >= 0.3 is 0 Å². The van der Waals surface area contributed by atoms with Gasteiger partial charge in [-0.3, -0.25) is 14.5 Å². The third kappa shape index (κ3) is 3.90. The number of amides is 2. The molecule has 0 spiro atoms. The molecule has 0 N–H and O–H groups in total. The van der Waals surface area contributed by atoms with E-state index < -0.39 is 0 Å². The summed E-state index contributed by atoms with van der Waals surface area (Å²) in [6.07, 6.45) is 0.279. The number of carbonyl (C=O) groups is 2. The number of nitrogens with zero attached hydrogens (tertiary/aromatic N) is 3. The van der Waals surface area contributed by atoms with E-state index >= 15 is 0 Å². The Morgan fingerprint density at radius 3 is 2.69 bits per heavy atom. The first-order chi connectivity index (χ1) is 14.0. The van der Waals surface area contributed by atoms with E-state index in [1.807, 2.05) is 37.3 Å². The Hall–Kier alpha value is -2.73. The molecule has 0 saturated carbocycles. The highest BCUT2D eigenvalue weighted by atomic mass is 32.1. The number of aromatic nitrogens is 1. The second-order valence-corrected chi connectivity index (χ2v) is 8.68. The van der Waals surface area contributed by atoms with Crippen LogP contribution >= 0.6 is 11.3 Å². The quantitative estimate of drug-likeness (QED) is 0.633. The van der Waals surface area contributed by atoms with Crippen LogP contribution in [0.25, 0.3) is 10.2 Å². The Balaban J connectivity index is 1.72. The Morgan fingerprint density at radius 1 is 1.24 bits per heavy atom. The molecule has 6 heteroatoms. The zero-order valence-electron chi connectivity index (χ0n) is 17.0. The number of hydrogen-bond donors (Lipinski definition) is 0. The summed E-state index contributed by atoms with van der Waals surface area (Å²) in [6, 6.07) is 14.2. The highest BCUT2D eigenvalue weighted by Gasteiger charge is 2.37. The van der Waals surface area contributed by atoms with Gasteiger partial charge in [-0.15, -0.1) is 0 Å². The highest BCUT2D eigenvalue weighted by molar-refractivity contribution is 7.22. The first kappa shape index (κ1) is 19.6. The maximum atomic E-state index is 13.5. The van der Waals surface area contributed by atoms with Gasteiger partial charge in [-0.25, -0.2) is 4.98 Å². The molecule has 150 valence electrons. The van der Waals surface area contributed by atoms with Crippen molar-refractivity contribution in [2.24, 2.45) is 5.92 Å². The van der Waals surface area contributed by atoms with E-state index in [-0.39, 0.29) is 24.2 Å². The number of likely N-dealkylation sites (tertiary alicyclic amines) is 1. The highest BCUT2D eigenvalue weighted by Crippen LogP contribution is 2.34. The van der Waals surface area contributed by atoms with Gasteiger partial charge in [-0.2, -0.15) is 0 Å². The molecule has 0 radical (unpaired) electrons. The van der Waals surface area contributed by atoms with Crippen molar-refractivity contribution in [3.05, 3.63) is 59.2 Å². The minimum atomic E-state index is -0.319. The lowest BCUT2D eigenvalue weighted by Gasteiger charge is -2.23. The summed E-state index contributed by atoms with van der Waals surface area (Å²) in [6.45, 7) is 7.65. The number of hydrogen-bond acceptors (Lipinski definition) is 4. The Morgan fingerprint density at radius 2 is 2.00 bits per heavy atom. The third-order valence-electron chi connectivity index (χ3n) is 5.44. The van der Waals surface area contributed by atoms with Gasteiger partial charge < -0.3 is 4.90 Å². The normalized spacial score (nSPS) is 16.6. The topological polar surface area (TPSA) is 53.5 Å². The van der Waals surface area contributed by atoms with E-state index in [1.165, 1.54) is 5.56 Å². The summed E-state index contributed by atoms with van der Waals surface area (Å²) in [5.41, 5.74) is 4.29. The van der Waals surface area contributed by atoms with Gasteiger partial charge in [-0.05, 0) is 43.5 Å². The van der Waals surface area contributed by atoms with Crippen molar-refractivity contribution in [3.63, 3.8) is 0 Å². The monoisotopic (exact) mass is 407 g/mol. The Bertz CT molecular complexity index is 1060. The molecule has 2 heterocycles. The lowest BCUT2D eigenvalue weighted by atomic mass is 10.1. The van der Waals surface area contributed by atoms with Crippen LogP contribution in [0.3, 0.4) is 0 Å². The molecule has 1 aliphatic rings. The zero-order valence-corrected chi connectivity index (χ0v) is 17.8. The summed E-state index contributed by atoms with van der Waals surface area (Å²) in [4.78, 5) is 34.1. The van der Waals surface area contributed by atoms with Crippen molar-refractivity contribution in [2.45, 2.75) is 33.7 Å². The fourth-order valence-electron chi connectivity index (χ4n) is 3.94. The predicted octanol–water partition coefficient (Wildman–Crippen LogP) is 4.31. The van der Waals surface area contributed by atoms with Crippen molar-refractivity contribution >= 4 is 38.5 Å². The van der Waals surface area contributed by atoms with Gasteiger partial charge in [0, 0.05) is 19.5 Å². The second kappa shape index (κ2) is 7.95. The first-order valence-corrected chi connectivity index (χ1v) is 10.8. The van der Waals surface area contributed by atoms with Crippen LogP contribution in [0.15, 0.2) is 42.5 Å². The van der Waals surface area contributed by atoms with Crippen LogP contribution in [0, 0.1) is 19.8 Å². The number of benzene rings is 2. The number of carbonyl (C=O) groups excluding carboxylic acids is 2. The van der Waals surface area contributed by atoms with Crippen molar-refractivity contribution < 1.29 is 9.59 Å². The van der Waals surface area contributed by atoms with Crippen LogP contribution in [0.5, 0.6) is 0 Å². The first-order valence-electron chi connectivity index (χ1n) is 9.97. The molecule has 1 fully saturated rings. The van der Waals surface area contributed by atoms with Gasteiger partial charge in [-0.1, -0.05) is 47.7 Å². The Kier molecular flexibility index (Phi) is 5.37. The number of thiazole rings is 1. The van der Waals surface area contributed by atoms with E-state index in [9.17, 15) is 9.59 Å². The molecular weight excluding hydrogens is 382 g/mol. The molecule has 29 heavy (non-hydrogen) atoms. The van der Waals surface area contributed by atoms with Crippen LogP contribution < -0.4 is 4.90 Å². The SMILES string of the molecule is CCN1CC(C(=O)N(Cc2ccccc2)c2nc3c(C)cc(C)cc3s2)CC1=O. The predicted molar refractivity (Wildman–Crippen MR) is 117 cm³/mol. The molecule has 1 saturated heterocycles. The van der Waals surface area contributed by atoms with Crippen LogP contribution in [0.4, 0.5) is 5.13 Å². The molecule has 1 aromatic heterocycles. The van der Waals surface area contributed by atoms with Crippen molar-refractivity contribution in [1.82, 2.24) is 9.88 Å². The van der Waals surface area contributed by atoms with Crippen molar-refractivity contribution in [1.29, 1.82) is 0 Å². The molecule has 1 atom stereocenters. The molecule has 3 aromatic rings. The molecule has 0 aliphatic carbocycles. The number of aryl methyl sites for hydroxylation is 2. The van der Waals surface area contributed by atoms with E-state index in [1.54, 1.807) is 21.1 Å². The van der Waals surface area contributed by atoms with Gasteiger partial charge in [0.1, 0.15) is 0 Å².